The summed E-state index contributed by atoms with van der Waals surface area (Å²) in [4.78, 5) is 21.9. The van der Waals surface area contributed by atoms with E-state index in [2.05, 4.69) is 15.9 Å². The van der Waals surface area contributed by atoms with E-state index in [1.54, 1.807) is 30.3 Å². The van der Waals surface area contributed by atoms with Crippen LogP contribution in [0.15, 0.2) is 47.1 Å². The molecule has 0 unspecified atom stereocenters. The molecule has 0 spiro atoms. The zero-order valence-electron chi connectivity index (χ0n) is 13.5. The molecular weight excluding hydrogens is 430 g/mol. The van der Waals surface area contributed by atoms with E-state index in [9.17, 15) is 14.9 Å². The molecule has 0 heterocycles. The molecule has 2 aromatic rings. The van der Waals surface area contributed by atoms with Crippen molar-refractivity contribution in [3.8, 4) is 17.2 Å². The Morgan fingerprint density at radius 3 is 2.62 bits per heavy atom. The largest absolute Gasteiger partial charge is 0.493 e. The van der Waals surface area contributed by atoms with Gasteiger partial charge < -0.3 is 14.2 Å². The molecule has 0 radical (unpaired) electrons. The lowest BCUT2D eigenvalue weighted by Crippen LogP contribution is -2.18. The van der Waals surface area contributed by atoms with E-state index >= 15 is 0 Å². The minimum absolute atomic E-state index is 0.149. The second-order valence-electron chi connectivity index (χ2n) is 4.85. The van der Waals surface area contributed by atoms with Gasteiger partial charge in [-0.3, -0.25) is 10.1 Å². The van der Waals surface area contributed by atoms with Gasteiger partial charge in [-0.25, -0.2) is 4.79 Å². The SMILES string of the molecule is COc1cc(/C=C/[N+](=O)[O-])cc(Br)c1OC(=O)COc1ccc(Cl)cc1. The van der Waals surface area contributed by atoms with Gasteiger partial charge in [0.05, 0.1) is 16.5 Å². The molecule has 0 aliphatic rings. The predicted molar refractivity (Wildman–Crippen MR) is 99.3 cm³/mol. The van der Waals surface area contributed by atoms with Gasteiger partial charge in [-0.15, -0.1) is 0 Å². The number of methoxy groups -OCH3 is 1. The average Bonchev–Trinajstić information content (AvgIpc) is 2.61. The van der Waals surface area contributed by atoms with Crippen molar-refractivity contribution in [3.05, 3.63) is 67.8 Å². The molecule has 2 rings (SSSR count). The van der Waals surface area contributed by atoms with Crippen molar-refractivity contribution in [2.75, 3.05) is 13.7 Å². The van der Waals surface area contributed by atoms with Crippen molar-refractivity contribution in [3.63, 3.8) is 0 Å². The Labute approximate surface area is 162 Å². The number of rotatable bonds is 7. The van der Waals surface area contributed by atoms with Crippen LogP contribution in [0.2, 0.25) is 5.02 Å². The molecule has 0 atom stereocenters. The highest BCUT2D eigenvalue weighted by molar-refractivity contribution is 9.10. The van der Waals surface area contributed by atoms with Crippen LogP contribution in [-0.2, 0) is 4.79 Å². The molecule has 0 aliphatic heterocycles. The third-order valence-corrected chi connectivity index (χ3v) is 3.87. The lowest BCUT2D eigenvalue weighted by atomic mass is 10.2. The molecule has 0 saturated heterocycles. The zero-order valence-corrected chi connectivity index (χ0v) is 15.8. The Balaban J connectivity index is 2.08. The highest BCUT2D eigenvalue weighted by atomic mass is 79.9. The van der Waals surface area contributed by atoms with Crippen LogP contribution in [0.1, 0.15) is 5.56 Å². The van der Waals surface area contributed by atoms with Crippen LogP contribution in [-0.4, -0.2) is 24.6 Å². The minimum Gasteiger partial charge on any atom is -0.493 e. The van der Waals surface area contributed by atoms with Gasteiger partial charge in [0.2, 0.25) is 6.20 Å². The zero-order chi connectivity index (χ0) is 19.1. The van der Waals surface area contributed by atoms with Gasteiger partial charge >= 0.3 is 5.97 Å². The van der Waals surface area contributed by atoms with Crippen LogP contribution in [0.5, 0.6) is 17.2 Å². The third-order valence-electron chi connectivity index (χ3n) is 3.03. The fourth-order valence-electron chi connectivity index (χ4n) is 1.90. The van der Waals surface area contributed by atoms with Crippen molar-refractivity contribution < 1.29 is 23.9 Å². The summed E-state index contributed by atoms with van der Waals surface area (Å²) in [6.45, 7) is -0.319. The molecule has 0 bridgehead atoms. The Hall–Kier alpha value is -2.58. The highest BCUT2D eigenvalue weighted by Gasteiger charge is 2.16. The Bertz CT molecular complexity index is 838. The van der Waals surface area contributed by atoms with Gasteiger partial charge in [0.25, 0.3) is 0 Å². The molecule has 0 fully saturated rings. The third kappa shape index (κ3) is 5.75. The normalized spacial score (nSPS) is 10.6. The van der Waals surface area contributed by atoms with E-state index in [0.717, 1.165) is 6.20 Å². The van der Waals surface area contributed by atoms with Gasteiger partial charge in [-0.2, -0.15) is 0 Å². The summed E-state index contributed by atoms with van der Waals surface area (Å²) >= 11 is 9.04. The molecule has 9 heteroatoms. The van der Waals surface area contributed by atoms with Crippen molar-refractivity contribution in [2.24, 2.45) is 0 Å². The molecule has 0 amide bonds. The molecule has 0 aromatic heterocycles. The second-order valence-corrected chi connectivity index (χ2v) is 6.14. The quantitative estimate of drug-likeness (QED) is 0.274. The van der Waals surface area contributed by atoms with Crippen LogP contribution in [0.3, 0.4) is 0 Å². The lowest BCUT2D eigenvalue weighted by Gasteiger charge is -2.12. The molecule has 7 nitrogen and oxygen atoms in total. The summed E-state index contributed by atoms with van der Waals surface area (Å²) in [5.74, 6) is 0.211. The molecular formula is C17H13BrClNO6. The maximum absolute atomic E-state index is 12.0. The van der Waals surface area contributed by atoms with Gasteiger partial charge in [-0.05, 0) is 57.9 Å². The van der Waals surface area contributed by atoms with Crippen LogP contribution in [0, 0.1) is 10.1 Å². The highest BCUT2D eigenvalue weighted by Crippen LogP contribution is 2.37. The van der Waals surface area contributed by atoms with Crippen LogP contribution in [0.25, 0.3) is 6.08 Å². The molecule has 2 aromatic carbocycles. The van der Waals surface area contributed by atoms with Gasteiger partial charge in [-0.1, -0.05) is 11.6 Å². The summed E-state index contributed by atoms with van der Waals surface area (Å²) < 4.78 is 16.2. The number of carbonyl (C=O) groups is 1. The Morgan fingerprint density at radius 1 is 1.31 bits per heavy atom. The molecule has 0 N–H and O–H groups in total. The lowest BCUT2D eigenvalue weighted by molar-refractivity contribution is -0.400. The summed E-state index contributed by atoms with van der Waals surface area (Å²) in [5, 5.41) is 11.0. The first-order chi connectivity index (χ1) is 12.4. The fourth-order valence-corrected chi connectivity index (χ4v) is 2.57. The van der Waals surface area contributed by atoms with E-state index in [0.29, 0.717) is 20.8 Å². The van der Waals surface area contributed by atoms with E-state index < -0.39 is 10.9 Å². The standard InChI is InChI=1S/C17H13BrClNO6/c1-24-15-9-11(6-7-20(22)23)8-14(18)17(15)26-16(21)10-25-13-4-2-12(19)3-5-13/h2-9H,10H2,1H3/b7-6+. The van der Waals surface area contributed by atoms with E-state index in [1.165, 1.54) is 19.3 Å². The minimum atomic E-state index is -0.646. The van der Waals surface area contributed by atoms with Crippen molar-refractivity contribution in [2.45, 2.75) is 0 Å². The number of nitro groups is 1. The number of hydrogen-bond donors (Lipinski definition) is 0. The first-order valence-electron chi connectivity index (χ1n) is 7.17. The Morgan fingerprint density at radius 2 is 2.00 bits per heavy atom. The number of halogens is 2. The Kier molecular flexibility index (Phi) is 6.99. The number of ether oxygens (including phenoxy) is 3. The summed E-state index contributed by atoms with van der Waals surface area (Å²) in [6.07, 6.45) is 2.09. The van der Waals surface area contributed by atoms with Crippen LogP contribution < -0.4 is 14.2 Å². The number of benzene rings is 2. The number of esters is 1. The maximum Gasteiger partial charge on any atom is 0.349 e. The topological polar surface area (TPSA) is 87.9 Å². The number of carbonyl (C=O) groups excluding carboxylic acids is 1. The smallest absolute Gasteiger partial charge is 0.349 e. The summed E-state index contributed by atoms with van der Waals surface area (Å²) in [5.41, 5.74) is 0.502. The average molecular weight is 443 g/mol. The van der Waals surface area contributed by atoms with E-state index in [-0.39, 0.29) is 18.1 Å². The molecule has 0 saturated carbocycles. The van der Waals surface area contributed by atoms with Crippen LogP contribution in [0.4, 0.5) is 0 Å². The fraction of sp³-hybridized carbons (Fsp3) is 0.118. The van der Waals surface area contributed by atoms with Crippen LogP contribution >= 0.6 is 27.5 Å². The summed E-state index contributed by atoms with van der Waals surface area (Å²) in [7, 11) is 1.39. The monoisotopic (exact) mass is 441 g/mol. The summed E-state index contributed by atoms with van der Waals surface area (Å²) in [6, 6.07) is 9.60. The van der Waals surface area contributed by atoms with E-state index in [4.69, 9.17) is 25.8 Å². The first kappa shape index (κ1) is 19.7. The predicted octanol–water partition coefficient (Wildman–Crippen LogP) is 4.34. The molecule has 26 heavy (non-hydrogen) atoms. The van der Waals surface area contributed by atoms with Crippen molar-refractivity contribution >= 4 is 39.6 Å². The number of nitrogens with zero attached hydrogens (tertiary/aromatic N) is 1. The van der Waals surface area contributed by atoms with Gasteiger partial charge in [0.15, 0.2) is 18.1 Å². The number of hydrogen-bond acceptors (Lipinski definition) is 6. The maximum atomic E-state index is 12.0. The van der Waals surface area contributed by atoms with Gasteiger partial charge in [0.1, 0.15) is 5.75 Å². The second kappa shape index (κ2) is 9.21. The van der Waals surface area contributed by atoms with Gasteiger partial charge in [0, 0.05) is 11.1 Å². The molecule has 136 valence electrons. The van der Waals surface area contributed by atoms with Crippen molar-refractivity contribution in [1.29, 1.82) is 0 Å². The molecule has 0 aliphatic carbocycles. The first-order valence-corrected chi connectivity index (χ1v) is 8.34. The van der Waals surface area contributed by atoms with E-state index in [1.807, 2.05) is 0 Å². The van der Waals surface area contributed by atoms with Crippen molar-refractivity contribution in [1.82, 2.24) is 0 Å².